The van der Waals surface area contributed by atoms with Crippen LogP contribution in [0.25, 0.3) is 0 Å². The number of amides is 1. The van der Waals surface area contributed by atoms with E-state index in [-0.39, 0.29) is 12.3 Å². The molecule has 0 radical (unpaired) electrons. The predicted octanol–water partition coefficient (Wildman–Crippen LogP) is 3.10. The minimum atomic E-state index is -0.915. The van der Waals surface area contributed by atoms with Crippen molar-refractivity contribution in [1.82, 2.24) is 5.32 Å². The molecule has 2 N–H and O–H groups in total. The van der Waals surface area contributed by atoms with Crippen LogP contribution in [0, 0.1) is 5.82 Å². The molecule has 4 nitrogen and oxygen atoms in total. The molecule has 0 spiro atoms. The molecule has 2 rings (SSSR count). The molecule has 1 amide bonds. The van der Waals surface area contributed by atoms with E-state index in [0.717, 1.165) is 19.3 Å². The Bertz CT molecular complexity index is 527. The molecule has 1 aromatic rings. The van der Waals surface area contributed by atoms with Crippen molar-refractivity contribution >= 4 is 5.91 Å². The summed E-state index contributed by atoms with van der Waals surface area (Å²) in [6, 6.07) is 4.05. The molecular weight excluding hydrogens is 285 g/mol. The fourth-order valence-corrected chi connectivity index (χ4v) is 3.17. The second-order valence-corrected chi connectivity index (χ2v) is 6.11. The summed E-state index contributed by atoms with van der Waals surface area (Å²) in [4.78, 5) is 12.2. The van der Waals surface area contributed by atoms with Gasteiger partial charge in [-0.05, 0) is 31.9 Å². The Kier molecular flexibility index (Phi) is 5.40. The van der Waals surface area contributed by atoms with Crippen LogP contribution in [0.5, 0.6) is 5.75 Å². The third kappa shape index (κ3) is 3.97. The maximum absolute atomic E-state index is 14.0. The van der Waals surface area contributed by atoms with Gasteiger partial charge in [0.2, 0.25) is 5.91 Å². The Balaban J connectivity index is 2.02. The number of hydrogen-bond acceptors (Lipinski definition) is 3. The molecule has 1 fully saturated rings. The molecule has 1 aromatic carbocycles. The van der Waals surface area contributed by atoms with E-state index in [1.54, 1.807) is 19.1 Å². The van der Waals surface area contributed by atoms with Crippen molar-refractivity contribution in [3.63, 3.8) is 0 Å². The number of carbonyl (C=O) groups excluding carboxylic acids is 1. The molecule has 0 heterocycles. The van der Waals surface area contributed by atoms with Crippen molar-refractivity contribution in [2.24, 2.45) is 0 Å². The van der Waals surface area contributed by atoms with E-state index in [4.69, 9.17) is 4.74 Å². The van der Waals surface area contributed by atoms with Gasteiger partial charge < -0.3 is 15.2 Å². The number of nitrogens with one attached hydrogen (secondary N) is 1. The fraction of sp³-hybridized carbons (Fsp3) is 0.588. The lowest BCUT2D eigenvalue weighted by molar-refractivity contribution is -0.128. The van der Waals surface area contributed by atoms with E-state index in [9.17, 15) is 14.3 Å². The number of benzene rings is 1. The van der Waals surface area contributed by atoms with Gasteiger partial charge in [0, 0.05) is 0 Å². The molecular formula is C17H24FNO3. The van der Waals surface area contributed by atoms with Crippen LogP contribution in [0.1, 0.15) is 57.1 Å². The summed E-state index contributed by atoms with van der Waals surface area (Å²) in [6.07, 6.45) is 4.36. The van der Waals surface area contributed by atoms with Gasteiger partial charge in [0.05, 0.1) is 30.7 Å². The molecule has 122 valence electrons. The maximum Gasteiger partial charge on any atom is 0.223 e. The van der Waals surface area contributed by atoms with Gasteiger partial charge in [0.25, 0.3) is 0 Å². The number of rotatable bonds is 5. The highest BCUT2D eigenvalue weighted by molar-refractivity contribution is 5.77. The lowest BCUT2D eigenvalue weighted by Gasteiger charge is -2.31. The Morgan fingerprint density at radius 2 is 2.09 bits per heavy atom. The van der Waals surface area contributed by atoms with Crippen LogP contribution in [0.2, 0.25) is 0 Å². The van der Waals surface area contributed by atoms with Gasteiger partial charge in [-0.15, -0.1) is 0 Å². The second kappa shape index (κ2) is 7.09. The highest BCUT2D eigenvalue weighted by Crippen LogP contribution is 2.32. The molecule has 0 aromatic heterocycles. The molecule has 0 saturated heterocycles. The van der Waals surface area contributed by atoms with Crippen LogP contribution < -0.4 is 10.1 Å². The largest absolute Gasteiger partial charge is 0.496 e. The first-order valence-electron chi connectivity index (χ1n) is 7.79. The number of ether oxygens (including phenoxy) is 1. The lowest BCUT2D eigenvalue weighted by Crippen LogP contribution is -2.39. The van der Waals surface area contributed by atoms with Crippen LogP contribution in [-0.4, -0.2) is 23.7 Å². The van der Waals surface area contributed by atoms with Crippen molar-refractivity contribution < 1.29 is 19.0 Å². The summed E-state index contributed by atoms with van der Waals surface area (Å²) in [7, 11) is 1.47. The smallest absolute Gasteiger partial charge is 0.223 e. The van der Waals surface area contributed by atoms with Crippen molar-refractivity contribution in [3.05, 3.63) is 29.6 Å². The van der Waals surface area contributed by atoms with Crippen LogP contribution in [0.15, 0.2) is 18.2 Å². The Morgan fingerprint density at radius 3 is 2.73 bits per heavy atom. The average molecular weight is 309 g/mol. The first-order valence-corrected chi connectivity index (χ1v) is 7.79. The summed E-state index contributed by atoms with van der Waals surface area (Å²) in [6.45, 7) is 1.71. The number of aliphatic hydroxyl groups is 1. The number of methoxy groups -OCH3 is 1. The first-order chi connectivity index (χ1) is 10.4. The zero-order valence-corrected chi connectivity index (χ0v) is 13.2. The maximum atomic E-state index is 14.0. The molecule has 1 aliphatic carbocycles. The van der Waals surface area contributed by atoms with E-state index in [1.807, 2.05) is 0 Å². The number of hydrogen-bond donors (Lipinski definition) is 2. The standard InChI is InChI=1S/C17H24FNO3/c1-12(16-13(18)7-6-8-14(16)22-2)19-15(20)11-17(21)9-4-3-5-10-17/h6-8,12,21H,3-5,9-11H2,1-2H3,(H,19,20). The van der Waals surface area contributed by atoms with Crippen molar-refractivity contribution in [3.8, 4) is 5.75 Å². The summed E-state index contributed by atoms with van der Waals surface area (Å²) in [5.41, 5.74) is -0.588. The molecule has 0 aliphatic heterocycles. The molecule has 22 heavy (non-hydrogen) atoms. The minimum Gasteiger partial charge on any atom is -0.496 e. The summed E-state index contributed by atoms with van der Waals surface area (Å²) < 4.78 is 19.1. The molecule has 1 aliphatic rings. The summed E-state index contributed by atoms with van der Waals surface area (Å²) >= 11 is 0. The van der Waals surface area contributed by atoms with Gasteiger partial charge in [0.1, 0.15) is 11.6 Å². The van der Waals surface area contributed by atoms with E-state index >= 15 is 0 Å². The Labute approximate surface area is 130 Å². The van der Waals surface area contributed by atoms with E-state index < -0.39 is 17.5 Å². The SMILES string of the molecule is COc1cccc(F)c1C(C)NC(=O)CC1(O)CCCCC1. The molecule has 1 saturated carbocycles. The van der Waals surface area contributed by atoms with Gasteiger partial charge in [-0.2, -0.15) is 0 Å². The van der Waals surface area contributed by atoms with Gasteiger partial charge in [-0.3, -0.25) is 4.79 Å². The zero-order valence-electron chi connectivity index (χ0n) is 13.2. The average Bonchev–Trinajstić information content (AvgIpc) is 2.46. The normalized spacial score (nSPS) is 18.5. The van der Waals surface area contributed by atoms with Crippen molar-refractivity contribution in [2.75, 3.05) is 7.11 Å². The minimum absolute atomic E-state index is 0.0636. The van der Waals surface area contributed by atoms with Crippen LogP contribution in [0.4, 0.5) is 4.39 Å². The molecule has 0 bridgehead atoms. The van der Waals surface area contributed by atoms with Crippen LogP contribution >= 0.6 is 0 Å². The first kappa shape index (κ1) is 16.7. The van der Waals surface area contributed by atoms with Gasteiger partial charge in [-0.1, -0.05) is 25.3 Å². The molecule has 1 unspecified atom stereocenters. The van der Waals surface area contributed by atoms with Crippen molar-refractivity contribution in [2.45, 2.75) is 57.1 Å². The predicted molar refractivity (Wildman–Crippen MR) is 82.2 cm³/mol. The monoisotopic (exact) mass is 309 g/mol. The van der Waals surface area contributed by atoms with Crippen molar-refractivity contribution in [1.29, 1.82) is 0 Å². The van der Waals surface area contributed by atoms with E-state index in [2.05, 4.69) is 5.32 Å². The topological polar surface area (TPSA) is 58.6 Å². The van der Waals surface area contributed by atoms with Crippen LogP contribution in [0.3, 0.4) is 0 Å². The van der Waals surface area contributed by atoms with Gasteiger partial charge in [0.15, 0.2) is 0 Å². The lowest BCUT2D eigenvalue weighted by atomic mass is 9.82. The summed E-state index contributed by atoms with van der Waals surface area (Å²) in [5.74, 6) is -0.269. The Hall–Kier alpha value is -1.62. The zero-order chi connectivity index (χ0) is 16.2. The third-order valence-corrected chi connectivity index (χ3v) is 4.32. The number of halogens is 1. The molecule has 5 heteroatoms. The number of carbonyl (C=O) groups is 1. The third-order valence-electron chi connectivity index (χ3n) is 4.32. The second-order valence-electron chi connectivity index (χ2n) is 6.11. The van der Waals surface area contributed by atoms with Crippen LogP contribution in [-0.2, 0) is 4.79 Å². The van der Waals surface area contributed by atoms with E-state index in [0.29, 0.717) is 24.2 Å². The van der Waals surface area contributed by atoms with E-state index in [1.165, 1.54) is 13.2 Å². The Morgan fingerprint density at radius 1 is 1.41 bits per heavy atom. The van der Waals surface area contributed by atoms with Gasteiger partial charge in [-0.25, -0.2) is 4.39 Å². The highest BCUT2D eigenvalue weighted by atomic mass is 19.1. The van der Waals surface area contributed by atoms with Gasteiger partial charge >= 0.3 is 0 Å². The quantitative estimate of drug-likeness (QED) is 0.878. The fourth-order valence-electron chi connectivity index (χ4n) is 3.17. The highest BCUT2D eigenvalue weighted by Gasteiger charge is 2.32. The molecule has 1 atom stereocenters. The summed E-state index contributed by atoms with van der Waals surface area (Å²) in [5, 5.41) is 13.2.